The van der Waals surface area contributed by atoms with Gasteiger partial charge in [-0.3, -0.25) is 4.79 Å². The number of carbonyl (C=O) groups is 1. The van der Waals surface area contributed by atoms with Crippen LogP contribution in [0, 0.1) is 17.7 Å². The lowest BCUT2D eigenvalue weighted by Gasteiger charge is -2.37. The van der Waals surface area contributed by atoms with Gasteiger partial charge in [-0.15, -0.1) is 6.58 Å². The van der Waals surface area contributed by atoms with Crippen molar-refractivity contribution in [2.45, 2.75) is 69.8 Å². The highest BCUT2D eigenvalue weighted by atomic mass is 35.5. The highest BCUT2D eigenvalue weighted by Gasteiger charge is 2.32. The van der Waals surface area contributed by atoms with Crippen LogP contribution in [0.5, 0.6) is 0 Å². The van der Waals surface area contributed by atoms with Gasteiger partial charge in [-0.05, 0) is 86.8 Å². The van der Waals surface area contributed by atoms with Crippen LogP contribution in [0.15, 0.2) is 30.9 Å². The number of ether oxygens (including phenoxy) is 1. The van der Waals surface area contributed by atoms with Crippen molar-refractivity contribution in [3.63, 3.8) is 0 Å². The SMILES string of the molecule is C=CCC(=O)OC1CCC([C@H]2CC[C@H](c3ccc(Cl)c(F)c3)CC2)CC1. The van der Waals surface area contributed by atoms with E-state index in [1.54, 1.807) is 18.2 Å². The Balaban J connectivity index is 1.45. The zero-order chi connectivity index (χ0) is 18.5. The van der Waals surface area contributed by atoms with Crippen LogP contribution in [0.2, 0.25) is 5.02 Å². The Morgan fingerprint density at radius 2 is 1.73 bits per heavy atom. The summed E-state index contributed by atoms with van der Waals surface area (Å²) in [5.41, 5.74) is 1.09. The summed E-state index contributed by atoms with van der Waals surface area (Å²) in [5.74, 6) is 1.49. The van der Waals surface area contributed by atoms with Gasteiger partial charge in [-0.25, -0.2) is 4.39 Å². The molecule has 2 nitrogen and oxygen atoms in total. The molecule has 26 heavy (non-hydrogen) atoms. The number of benzene rings is 1. The standard InChI is InChI=1S/C22H28ClFO2/c1-2-3-22(25)26-19-11-8-16(9-12-19)15-4-6-17(7-5-15)18-10-13-20(23)21(24)14-18/h2,10,13-17,19H,1,3-9,11-12H2/t15-,16?,17-,19?. The quantitative estimate of drug-likeness (QED) is 0.435. The number of halogens is 2. The summed E-state index contributed by atoms with van der Waals surface area (Å²) in [5, 5.41) is 0.202. The van der Waals surface area contributed by atoms with E-state index < -0.39 is 0 Å². The first-order valence-electron chi connectivity index (χ1n) is 9.82. The topological polar surface area (TPSA) is 26.3 Å². The third-order valence-electron chi connectivity index (χ3n) is 6.18. The van der Waals surface area contributed by atoms with E-state index >= 15 is 0 Å². The highest BCUT2D eigenvalue weighted by Crippen LogP contribution is 2.43. The molecule has 0 aromatic heterocycles. The average molecular weight is 379 g/mol. The van der Waals surface area contributed by atoms with Gasteiger partial charge in [0.1, 0.15) is 11.9 Å². The summed E-state index contributed by atoms with van der Waals surface area (Å²) >= 11 is 5.79. The fourth-order valence-corrected chi connectivity index (χ4v) is 4.84. The Bertz CT molecular complexity index is 629. The van der Waals surface area contributed by atoms with Crippen LogP contribution in [0.3, 0.4) is 0 Å². The van der Waals surface area contributed by atoms with Crippen molar-refractivity contribution < 1.29 is 13.9 Å². The van der Waals surface area contributed by atoms with Crippen molar-refractivity contribution in [3.8, 4) is 0 Å². The lowest BCUT2D eigenvalue weighted by molar-refractivity contribution is -0.150. The molecule has 0 aliphatic heterocycles. The van der Waals surface area contributed by atoms with Crippen LogP contribution >= 0.6 is 11.6 Å². The van der Waals surface area contributed by atoms with Gasteiger partial charge < -0.3 is 4.74 Å². The number of hydrogen-bond acceptors (Lipinski definition) is 2. The van der Waals surface area contributed by atoms with Crippen LogP contribution in [0.25, 0.3) is 0 Å². The van der Waals surface area contributed by atoms with E-state index in [0.717, 1.165) is 55.9 Å². The van der Waals surface area contributed by atoms with Gasteiger partial charge in [0.05, 0.1) is 11.4 Å². The zero-order valence-electron chi connectivity index (χ0n) is 15.3. The maximum atomic E-state index is 13.7. The molecule has 2 fully saturated rings. The molecule has 0 amide bonds. The molecule has 1 aromatic rings. The minimum Gasteiger partial charge on any atom is -0.462 e. The minimum absolute atomic E-state index is 0.0899. The van der Waals surface area contributed by atoms with Gasteiger partial charge in [0.2, 0.25) is 0 Å². The summed E-state index contributed by atoms with van der Waals surface area (Å²) < 4.78 is 19.2. The summed E-state index contributed by atoms with van der Waals surface area (Å²) in [7, 11) is 0. The van der Waals surface area contributed by atoms with E-state index in [1.807, 2.05) is 6.07 Å². The molecule has 1 aromatic carbocycles. The molecule has 2 aliphatic rings. The van der Waals surface area contributed by atoms with Gasteiger partial charge >= 0.3 is 5.97 Å². The first-order chi connectivity index (χ1) is 12.6. The second-order valence-electron chi connectivity index (χ2n) is 7.80. The molecular weight excluding hydrogens is 351 g/mol. The van der Waals surface area contributed by atoms with Crippen molar-refractivity contribution in [2.24, 2.45) is 11.8 Å². The van der Waals surface area contributed by atoms with Crippen molar-refractivity contribution in [3.05, 3.63) is 47.3 Å². The van der Waals surface area contributed by atoms with E-state index in [0.29, 0.717) is 12.3 Å². The van der Waals surface area contributed by atoms with Crippen LogP contribution in [-0.4, -0.2) is 12.1 Å². The van der Waals surface area contributed by atoms with Gasteiger partial charge in [-0.2, -0.15) is 0 Å². The Morgan fingerprint density at radius 3 is 2.31 bits per heavy atom. The number of rotatable bonds is 5. The van der Waals surface area contributed by atoms with Crippen LogP contribution in [-0.2, 0) is 9.53 Å². The monoisotopic (exact) mass is 378 g/mol. The Morgan fingerprint density at radius 1 is 1.12 bits per heavy atom. The van der Waals surface area contributed by atoms with E-state index in [4.69, 9.17) is 16.3 Å². The van der Waals surface area contributed by atoms with Crippen molar-refractivity contribution in [1.82, 2.24) is 0 Å². The molecule has 0 N–H and O–H groups in total. The lowest BCUT2D eigenvalue weighted by atomic mass is 9.69. The summed E-state index contributed by atoms with van der Waals surface area (Å²) in [4.78, 5) is 11.6. The molecule has 0 atom stereocenters. The molecule has 0 bridgehead atoms. The van der Waals surface area contributed by atoms with Gasteiger partial charge in [0, 0.05) is 0 Å². The first-order valence-corrected chi connectivity index (χ1v) is 10.2. The molecule has 0 heterocycles. The van der Waals surface area contributed by atoms with E-state index in [2.05, 4.69) is 6.58 Å². The predicted octanol–water partition coefficient (Wildman–Crippen LogP) is 6.43. The maximum absolute atomic E-state index is 13.7. The molecule has 3 rings (SSSR count). The smallest absolute Gasteiger partial charge is 0.309 e. The predicted molar refractivity (Wildman–Crippen MR) is 103 cm³/mol. The molecule has 2 saturated carbocycles. The van der Waals surface area contributed by atoms with E-state index in [-0.39, 0.29) is 22.9 Å². The molecular formula is C22H28ClFO2. The number of hydrogen-bond donors (Lipinski definition) is 0. The Labute approximate surface area is 160 Å². The van der Waals surface area contributed by atoms with Gasteiger partial charge in [-0.1, -0.05) is 23.7 Å². The molecule has 0 unspecified atom stereocenters. The van der Waals surface area contributed by atoms with E-state index in [1.165, 1.54) is 12.8 Å². The number of esters is 1. The van der Waals surface area contributed by atoms with Gasteiger partial charge in [0.15, 0.2) is 0 Å². The Kier molecular flexibility index (Phi) is 6.74. The van der Waals surface area contributed by atoms with Crippen molar-refractivity contribution in [1.29, 1.82) is 0 Å². The maximum Gasteiger partial charge on any atom is 0.309 e. The van der Waals surface area contributed by atoms with Crippen molar-refractivity contribution >= 4 is 17.6 Å². The van der Waals surface area contributed by atoms with Crippen molar-refractivity contribution in [2.75, 3.05) is 0 Å². The third kappa shape index (κ3) is 4.88. The minimum atomic E-state index is -0.310. The molecule has 0 spiro atoms. The van der Waals surface area contributed by atoms with Gasteiger partial charge in [0.25, 0.3) is 0 Å². The molecule has 0 saturated heterocycles. The Hall–Kier alpha value is -1.35. The molecule has 2 aliphatic carbocycles. The normalized spacial score (nSPS) is 29.2. The summed E-state index contributed by atoms with van der Waals surface area (Å²) in [6, 6.07) is 5.25. The lowest BCUT2D eigenvalue weighted by Crippen LogP contribution is -2.29. The molecule has 142 valence electrons. The summed E-state index contributed by atoms with van der Waals surface area (Å²) in [6.45, 7) is 3.58. The molecule has 4 heteroatoms. The number of carbonyl (C=O) groups excluding carboxylic acids is 1. The zero-order valence-corrected chi connectivity index (χ0v) is 16.0. The van der Waals surface area contributed by atoms with Crippen LogP contribution in [0.1, 0.15) is 69.3 Å². The molecule has 0 radical (unpaired) electrons. The second-order valence-corrected chi connectivity index (χ2v) is 8.21. The third-order valence-corrected chi connectivity index (χ3v) is 6.49. The van der Waals surface area contributed by atoms with Crippen LogP contribution < -0.4 is 0 Å². The summed E-state index contributed by atoms with van der Waals surface area (Å²) in [6.07, 6.45) is 10.9. The average Bonchev–Trinajstić information content (AvgIpc) is 2.65. The van der Waals surface area contributed by atoms with E-state index in [9.17, 15) is 9.18 Å². The fraction of sp³-hybridized carbons (Fsp3) is 0.591. The highest BCUT2D eigenvalue weighted by molar-refractivity contribution is 6.30. The second kappa shape index (κ2) is 9.03. The first kappa shape index (κ1) is 19.4. The van der Waals surface area contributed by atoms with Crippen LogP contribution in [0.4, 0.5) is 4.39 Å². The fourth-order valence-electron chi connectivity index (χ4n) is 4.72. The largest absolute Gasteiger partial charge is 0.462 e.